The van der Waals surface area contributed by atoms with Crippen LogP contribution in [0.25, 0.3) is 10.9 Å². The third kappa shape index (κ3) is 4.44. The number of hydrogen-bond acceptors (Lipinski definition) is 6. The monoisotopic (exact) mass is 527 g/mol. The van der Waals surface area contributed by atoms with E-state index < -0.39 is 16.1 Å². The number of rotatable bonds is 6. The molecule has 1 N–H and O–H groups in total. The first kappa shape index (κ1) is 23.9. The quantitative estimate of drug-likeness (QED) is 0.414. The molecule has 0 bridgehead atoms. The van der Waals surface area contributed by atoms with Gasteiger partial charge in [-0.15, -0.1) is 11.3 Å². The molecule has 36 heavy (non-hydrogen) atoms. The third-order valence-corrected chi connectivity index (χ3v) is 8.30. The minimum atomic E-state index is -3.80. The van der Waals surface area contributed by atoms with Gasteiger partial charge in [0, 0.05) is 41.9 Å². The highest BCUT2D eigenvalue weighted by atomic mass is 32.2. The second-order valence-electron chi connectivity index (χ2n) is 8.31. The zero-order valence-corrected chi connectivity index (χ0v) is 20.8. The Balaban J connectivity index is 1.26. The van der Waals surface area contributed by atoms with Crippen LogP contribution in [0.5, 0.6) is 0 Å². The molecule has 0 radical (unpaired) electrons. The van der Waals surface area contributed by atoms with Gasteiger partial charge in [0.25, 0.3) is 10.0 Å². The van der Waals surface area contributed by atoms with Crippen LogP contribution >= 0.6 is 11.3 Å². The first-order chi connectivity index (χ1) is 17.2. The van der Waals surface area contributed by atoms with Gasteiger partial charge in [-0.1, -0.05) is 6.07 Å². The molecular formula is C24H22FN5O4S2. The number of hydrogen-bond donors (Lipinski definition) is 1. The van der Waals surface area contributed by atoms with Crippen molar-refractivity contribution in [2.24, 2.45) is 0 Å². The van der Waals surface area contributed by atoms with Crippen molar-refractivity contribution in [3.05, 3.63) is 72.1 Å². The molecule has 1 fully saturated rings. The maximum Gasteiger partial charge on any atom is 0.263 e. The molecule has 0 aliphatic carbocycles. The summed E-state index contributed by atoms with van der Waals surface area (Å²) in [6.07, 6.45) is 3.18. The smallest absolute Gasteiger partial charge is 0.263 e. The lowest BCUT2D eigenvalue weighted by Gasteiger charge is -2.35. The van der Waals surface area contributed by atoms with Gasteiger partial charge in [-0.25, -0.2) is 17.8 Å². The summed E-state index contributed by atoms with van der Waals surface area (Å²) in [7, 11) is -3.80. The van der Waals surface area contributed by atoms with Gasteiger partial charge < -0.3 is 14.4 Å². The van der Waals surface area contributed by atoms with Crippen LogP contribution in [-0.2, 0) is 19.6 Å². The van der Waals surface area contributed by atoms with Crippen molar-refractivity contribution < 1.29 is 22.4 Å². The number of anilines is 2. The van der Waals surface area contributed by atoms with Crippen molar-refractivity contribution in [1.29, 1.82) is 0 Å². The van der Waals surface area contributed by atoms with Crippen molar-refractivity contribution in [3.63, 3.8) is 0 Å². The van der Waals surface area contributed by atoms with Crippen LogP contribution in [0.15, 0.2) is 71.2 Å². The lowest BCUT2D eigenvalue weighted by molar-refractivity contribution is -0.139. The van der Waals surface area contributed by atoms with Crippen molar-refractivity contribution in [3.8, 4) is 0 Å². The van der Waals surface area contributed by atoms with Gasteiger partial charge in [0.1, 0.15) is 18.4 Å². The van der Waals surface area contributed by atoms with Gasteiger partial charge in [-0.3, -0.25) is 14.3 Å². The Bertz CT molecular complexity index is 1530. The van der Waals surface area contributed by atoms with Gasteiger partial charge in [-0.2, -0.15) is 0 Å². The van der Waals surface area contributed by atoms with E-state index in [2.05, 4.69) is 9.71 Å². The Kier molecular flexibility index (Phi) is 6.22. The van der Waals surface area contributed by atoms with E-state index in [4.69, 9.17) is 0 Å². The van der Waals surface area contributed by atoms with Crippen LogP contribution in [-0.4, -0.2) is 54.3 Å². The van der Waals surface area contributed by atoms with Gasteiger partial charge in [0.15, 0.2) is 5.13 Å². The molecule has 2 aromatic carbocycles. The second-order valence-corrected chi connectivity index (χ2v) is 10.9. The number of nitrogens with one attached hydrogen (secondary N) is 1. The Morgan fingerprint density at radius 2 is 1.92 bits per heavy atom. The SMILES string of the molecule is C[C@@H](C(=O)N1CCN(c2ccc(S(=O)(=O)Nc3nccs3)cc2)C(=O)C1)n1ccc2c(F)cccc21. The molecule has 12 heteroatoms. The molecule has 9 nitrogen and oxygen atoms in total. The van der Waals surface area contributed by atoms with Gasteiger partial charge in [0.05, 0.1) is 10.4 Å². The van der Waals surface area contributed by atoms with Crippen LogP contribution in [0, 0.1) is 5.82 Å². The normalized spacial score (nSPS) is 15.3. The lowest BCUT2D eigenvalue weighted by atomic mass is 10.2. The van der Waals surface area contributed by atoms with E-state index in [-0.39, 0.29) is 40.7 Å². The zero-order chi connectivity index (χ0) is 25.4. The van der Waals surface area contributed by atoms with Crippen LogP contribution < -0.4 is 9.62 Å². The fourth-order valence-corrected chi connectivity index (χ4v) is 6.05. The second kappa shape index (κ2) is 9.36. The number of thiazole rings is 1. The number of piperazine rings is 1. The van der Waals surface area contributed by atoms with Crippen LogP contribution in [0.1, 0.15) is 13.0 Å². The molecule has 0 saturated carbocycles. The number of nitrogens with zero attached hydrogens (tertiary/aromatic N) is 4. The van der Waals surface area contributed by atoms with Crippen LogP contribution in [0.4, 0.5) is 15.2 Å². The highest BCUT2D eigenvalue weighted by Gasteiger charge is 2.31. The molecule has 4 aromatic rings. The van der Waals surface area contributed by atoms with E-state index in [1.165, 1.54) is 45.5 Å². The Hall–Kier alpha value is -3.77. The Morgan fingerprint density at radius 3 is 2.61 bits per heavy atom. The van der Waals surface area contributed by atoms with Crippen LogP contribution in [0.3, 0.4) is 0 Å². The zero-order valence-electron chi connectivity index (χ0n) is 19.2. The molecule has 1 aliphatic heterocycles. The fourth-order valence-electron chi connectivity index (χ4n) is 4.26. The first-order valence-corrected chi connectivity index (χ1v) is 13.5. The minimum absolute atomic E-state index is 0.0481. The molecule has 0 spiro atoms. The average Bonchev–Trinajstić information content (AvgIpc) is 3.53. The Morgan fingerprint density at radius 1 is 1.14 bits per heavy atom. The predicted molar refractivity (Wildman–Crippen MR) is 135 cm³/mol. The molecule has 1 atom stereocenters. The van der Waals surface area contributed by atoms with Gasteiger partial charge >= 0.3 is 0 Å². The number of sulfonamides is 1. The number of carbonyl (C=O) groups excluding carboxylic acids is 2. The maximum absolute atomic E-state index is 14.1. The van der Waals surface area contributed by atoms with Crippen LogP contribution in [0.2, 0.25) is 0 Å². The number of fused-ring (bicyclic) bond motifs is 1. The van der Waals surface area contributed by atoms with E-state index in [1.807, 2.05) is 0 Å². The summed E-state index contributed by atoms with van der Waals surface area (Å²) >= 11 is 1.17. The lowest BCUT2D eigenvalue weighted by Crippen LogP contribution is -2.53. The summed E-state index contributed by atoms with van der Waals surface area (Å²) in [4.78, 5) is 33.1. The third-order valence-electron chi connectivity index (χ3n) is 6.13. The van der Waals surface area contributed by atoms with Gasteiger partial charge in [-0.05, 0) is 49.4 Å². The van der Waals surface area contributed by atoms with E-state index in [0.717, 1.165) is 0 Å². The van der Waals surface area contributed by atoms with Crippen molar-refractivity contribution >= 4 is 54.9 Å². The molecule has 186 valence electrons. The molecule has 0 unspecified atom stereocenters. The van der Waals surface area contributed by atoms with E-state index >= 15 is 0 Å². The predicted octanol–water partition coefficient (Wildman–Crippen LogP) is 3.47. The van der Waals surface area contributed by atoms with Crippen molar-refractivity contribution in [2.45, 2.75) is 17.9 Å². The minimum Gasteiger partial charge on any atom is -0.335 e. The first-order valence-electron chi connectivity index (χ1n) is 11.1. The molecule has 1 aliphatic rings. The summed E-state index contributed by atoms with van der Waals surface area (Å²) in [5.74, 6) is -0.867. The molecule has 1 saturated heterocycles. The maximum atomic E-state index is 14.1. The average molecular weight is 528 g/mol. The number of aromatic nitrogens is 2. The summed E-state index contributed by atoms with van der Waals surface area (Å²) < 4.78 is 43.2. The summed E-state index contributed by atoms with van der Waals surface area (Å²) in [6.45, 7) is 2.20. The largest absolute Gasteiger partial charge is 0.335 e. The van der Waals surface area contributed by atoms with Crippen molar-refractivity contribution in [1.82, 2.24) is 14.5 Å². The standard InChI is InChI=1S/C24H22FN5O4S2/c1-16(29-11-9-19-20(25)3-2-4-21(19)29)23(32)28-12-13-30(22(31)15-28)17-5-7-18(8-6-17)36(33,34)27-24-26-10-14-35-24/h2-11,14,16H,12-13,15H2,1H3,(H,26,27)/t16-/m0/s1. The molecular weight excluding hydrogens is 505 g/mol. The van der Waals surface area contributed by atoms with Gasteiger partial charge in [0.2, 0.25) is 11.8 Å². The summed E-state index contributed by atoms with van der Waals surface area (Å²) in [6, 6.07) is 11.7. The van der Waals surface area contributed by atoms with E-state index in [0.29, 0.717) is 23.1 Å². The number of halogens is 1. The number of amides is 2. The number of carbonyl (C=O) groups is 2. The number of benzene rings is 2. The molecule has 5 rings (SSSR count). The fraction of sp³-hybridized carbons (Fsp3) is 0.208. The molecule has 3 heterocycles. The topological polar surface area (TPSA) is 105 Å². The highest BCUT2D eigenvalue weighted by Crippen LogP contribution is 2.26. The van der Waals surface area contributed by atoms with E-state index in [9.17, 15) is 22.4 Å². The van der Waals surface area contributed by atoms with E-state index in [1.54, 1.807) is 53.4 Å². The highest BCUT2D eigenvalue weighted by molar-refractivity contribution is 7.93. The molecule has 2 amide bonds. The van der Waals surface area contributed by atoms with Crippen molar-refractivity contribution in [2.75, 3.05) is 29.3 Å². The molecule has 2 aromatic heterocycles. The Labute approximate surface area is 210 Å². The summed E-state index contributed by atoms with van der Waals surface area (Å²) in [5.41, 5.74) is 1.15. The summed E-state index contributed by atoms with van der Waals surface area (Å²) in [5, 5.41) is 2.37.